The summed E-state index contributed by atoms with van der Waals surface area (Å²) in [5.74, 6) is 0. The molecule has 0 saturated heterocycles. The molecule has 1 aromatic carbocycles. The summed E-state index contributed by atoms with van der Waals surface area (Å²) in [6.07, 6.45) is 3.89. The zero-order valence-electron chi connectivity index (χ0n) is 11.6. The second kappa shape index (κ2) is 6.39. The summed E-state index contributed by atoms with van der Waals surface area (Å²) < 4.78 is 1.85. The third-order valence-corrected chi connectivity index (χ3v) is 4.22. The van der Waals surface area contributed by atoms with Crippen molar-refractivity contribution in [1.29, 1.82) is 0 Å². The van der Waals surface area contributed by atoms with Crippen molar-refractivity contribution in [3.8, 4) is 5.69 Å². The Bertz CT molecular complexity index is 717. The summed E-state index contributed by atoms with van der Waals surface area (Å²) in [5.41, 5.74) is 3.21. The van der Waals surface area contributed by atoms with Crippen LogP contribution < -0.4 is 5.32 Å². The Hall–Kier alpha value is -1.69. The predicted molar refractivity (Wildman–Crippen MR) is 86.0 cm³/mol. The van der Waals surface area contributed by atoms with Crippen molar-refractivity contribution in [1.82, 2.24) is 20.1 Å². The number of benzene rings is 1. The summed E-state index contributed by atoms with van der Waals surface area (Å²) in [6.45, 7) is 3.56. The van der Waals surface area contributed by atoms with Gasteiger partial charge in [-0.1, -0.05) is 11.6 Å². The lowest BCUT2D eigenvalue weighted by Crippen LogP contribution is -2.12. The summed E-state index contributed by atoms with van der Waals surface area (Å²) >= 11 is 7.57. The number of nitrogens with zero attached hydrogens (tertiary/aromatic N) is 3. The summed E-state index contributed by atoms with van der Waals surface area (Å²) in [7, 11) is 0. The molecular formula is C15H15ClN4S. The molecule has 0 bridgehead atoms. The quantitative estimate of drug-likeness (QED) is 0.782. The van der Waals surface area contributed by atoms with Crippen LogP contribution in [0.15, 0.2) is 42.0 Å². The van der Waals surface area contributed by atoms with Crippen molar-refractivity contribution in [2.45, 2.75) is 20.0 Å². The van der Waals surface area contributed by atoms with Gasteiger partial charge in [-0.2, -0.15) is 5.10 Å². The molecule has 3 rings (SSSR count). The van der Waals surface area contributed by atoms with Crippen LogP contribution in [0.25, 0.3) is 5.69 Å². The monoisotopic (exact) mass is 318 g/mol. The largest absolute Gasteiger partial charge is 0.306 e. The Labute approximate surface area is 132 Å². The zero-order valence-corrected chi connectivity index (χ0v) is 13.2. The van der Waals surface area contributed by atoms with Gasteiger partial charge in [-0.25, -0.2) is 9.67 Å². The molecule has 0 aliphatic heterocycles. The van der Waals surface area contributed by atoms with E-state index in [1.807, 2.05) is 48.3 Å². The van der Waals surface area contributed by atoms with E-state index < -0.39 is 0 Å². The van der Waals surface area contributed by atoms with Gasteiger partial charge in [0.1, 0.15) is 5.01 Å². The third kappa shape index (κ3) is 3.69. The second-order valence-electron chi connectivity index (χ2n) is 4.76. The van der Waals surface area contributed by atoms with E-state index in [2.05, 4.69) is 20.8 Å². The van der Waals surface area contributed by atoms with Gasteiger partial charge in [-0.3, -0.25) is 0 Å². The highest BCUT2D eigenvalue weighted by Gasteiger charge is 2.02. The molecule has 0 spiro atoms. The fourth-order valence-electron chi connectivity index (χ4n) is 1.98. The third-order valence-electron chi connectivity index (χ3n) is 3.00. The van der Waals surface area contributed by atoms with Gasteiger partial charge in [0.25, 0.3) is 0 Å². The van der Waals surface area contributed by atoms with E-state index in [1.165, 1.54) is 0 Å². The van der Waals surface area contributed by atoms with Crippen molar-refractivity contribution < 1.29 is 0 Å². The van der Waals surface area contributed by atoms with Gasteiger partial charge in [-0.15, -0.1) is 11.3 Å². The number of nitrogens with one attached hydrogen (secondary N) is 1. The number of aromatic nitrogens is 3. The minimum Gasteiger partial charge on any atom is -0.306 e. The molecule has 4 nitrogen and oxygen atoms in total. The highest BCUT2D eigenvalue weighted by atomic mass is 35.5. The molecule has 108 valence electrons. The molecule has 0 radical (unpaired) electrons. The maximum Gasteiger partial charge on any atom is 0.107 e. The van der Waals surface area contributed by atoms with Crippen LogP contribution in [0.4, 0.5) is 0 Å². The fraction of sp³-hybridized carbons (Fsp3) is 0.200. The van der Waals surface area contributed by atoms with Crippen molar-refractivity contribution in [2.75, 3.05) is 0 Å². The Balaban J connectivity index is 1.59. The molecule has 2 heterocycles. The van der Waals surface area contributed by atoms with Gasteiger partial charge in [0, 0.05) is 40.9 Å². The van der Waals surface area contributed by atoms with Crippen LogP contribution >= 0.6 is 22.9 Å². The number of hydrogen-bond acceptors (Lipinski definition) is 4. The Morgan fingerprint density at radius 3 is 2.76 bits per heavy atom. The number of aryl methyl sites for hydroxylation is 1. The lowest BCUT2D eigenvalue weighted by molar-refractivity contribution is 0.688. The maximum absolute atomic E-state index is 5.89. The van der Waals surface area contributed by atoms with Crippen LogP contribution in [-0.2, 0) is 13.1 Å². The first-order chi connectivity index (χ1) is 10.2. The molecule has 0 aliphatic rings. The molecule has 21 heavy (non-hydrogen) atoms. The summed E-state index contributed by atoms with van der Waals surface area (Å²) in [6, 6.07) is 7.62. The number of hydrogen-bond donors (Lipinski definition) is 1. The molecular weight excluding hydrogens is 304 g/mol. The van der Waals surface area contributed by atoms with E-state index >= 15 is 0 Å². The van der Waals surface area contributed by atoms with Crippen molar-refractivity contribution in [2.24, 2.45) is 0 Å². The van der Waals surface area contributed by atoms with E-state index in [-0.39, 0.29) is 0 Å². The van der Waals surface area contributed by atoms with Crippen LogP contribution in [0.5, 0.6) is 0 Å². The van der Waals surface area contributed by atoms with Crippen LogP contribution in [0.2, 0.25) is 5.02 Å². The molecule has 0 aliphatic carbocycles. The van der Waals surface area contributed by atoms with E-state index in [9.17, 15) is 0 Å². The average Bonchev–Trinajstić information content (AvgIpc) is 3.09. The standard InChI is InChI=1S/C15H15ClN4S/c1-11-10-21-15(19-11)8-17-6-12-7-18-20(9-12)14-4-2-13(16)3-5-14/h2-5,7,9-10,17H,6,8H2,1H3. The lowest BCUT2D eigenvalue weighted by Gasteiger charge is -2.01. The molecule has 3 aromatic rings. The molecule has 1 N–H and O–H groups in total. The van der Waals surface area contributed by atoms with Crippen LogP contribution in [0, 0.1) is 6.92 Å². The Kier molecular flexibility index (Phi) is 4.34. The molecule has 0 amide bonds. The lowest BCUT2D eigenvalue weighted by atomic mass is 10.3. The first-order valence-electron chi connectivity index (χ1n) is 6.62. The number of halogens is 1. The van der Waals surface area contributed by atoms with Gasteiger partial charge in [-0.05, 0) is 31.2 Å². The zero-order chi connectivity index (χ0) is 14.7. The second-order valence-corrected chi connectivity index (χ2v) is 6.13. The normalized spacial score (nSPS) is 11.0. The van der Waals surface area contributed by atoms with Gasteiger partial charge in [0.2, 0.25) is 0 Å². The minimum absolute atomic E-state index is 0.728. The van der Waals surface area contributed by atoms with E-state index in [1.54, 1.807) is 11.3 Å². The highest BCUT2D eigenvalue weighted by molar-refractivity contribution is 7.09. The topological polar surface area (TPSA) is 42.7 Å². The maximum atomic E-state index is 5.89. The Morgan fingerprint density at radius 1 is 1.24 bits per heavy atom. The van der Waals surface area contributed by atoms with Crippen LogP contribution in [-0.4, -0.2) is 14.8 Å². The van der Waals surface area contributed by atoms with E-state index in [4.69, 9.17) is 11.6 Å². The highest BCUT2D eigenvalue weighted by Crippen LogP contribution is 2.13. The molecule has 2 aromatic heterocycles. The van der Waals surface area contributed by atoms with Gasteiger partial charge in [0.05, 0.1) is 11.9 Å². The number of rotatable bonds is 5. The minimum atomic E-state index is 0.728. The van der Waals surface area contributed by atoms with E-state index in [0.717, 1.165) is 40.1 Å². The first kappa shape index (κ1) is 14.3. The molecule has 0 atom stereocenters. The smallest absolute Gasteiger partial charge is 0.107 e. The average molecular weight is 319 g/mol. The molecule has 0 saturated carbocycles. The summed E-state index contributed by atoms with van der Waals surface area (Å²) in [5, 5.41) is 11.6. The SMILES string of the molecule is Cc1csc(CNCc2cnn(-c3ccc(Cl)cc3)c2)n1. The Morgan fingerprint density at radius 2 is 2.05 bits per heavy atom. The fourth-order valence-corrected chi connectivity index (χ4v) is 2.85. The summed E-state index contributed by atoms with van der Waals surface area (Å²) in [4.78, 5) is 4.43. The van der Waals surface area contributed by atoms with Crippen molar-refractivity contribution in [3.05, 3.63) is 63.3 Å². The van der Waals surface area contributed by atoms with Gasteiger partial charge in [0.15, 0.2) is 0 Å². The molecule has 0 fully saturated rings. The molecule has 6 heteroatoms. The molecule has 0 unspecified atom stereocenters. The van der Waals surface area contributed by atoms with Crippen LogP contribution in [0.3, 0.4) is 0 Å². The predicted octanol–water partition coefficient (Wildman–Crippen LogP) is 3.58. The van der Waals surface area contributed by atoms with Crippen molar-refractivity contribution >= 4 is 22.9 Å². The van der Waals surface area contributed by atoms with Crippen molar-refractivity contribution in [3.63, 3.8) is 0 Å². The van der Waals surface area contributed by atoms with E-state index in [0.29, 0.717) is 0 Å². The number of thiazole rings is 1. The van der Waals surface area contributed by atoms with Gasteiger partial charge >= 0.3 is 0 Å². The van der Waals surface area contributed by atoms with Crippen LogP contribution in [0.1, 0.15) is 16.3 Å². The van der Waals surface area contributed by atoms with Gasteiger partial charge < -0.3 is 5.32 Å². The first-order valence-corrected chi connectivity index (χ1v) is 7.88.